The van der Waals surface area contributed by atoms with E-state index in [1.807, 2.05) is 12.1 Å². The highest BCUT2D eigenvalue weighted by Gasteiger charge is 2.26. The normalized spacial score (nSPS) is 23.8. The van der Waals surface area contributed by atoms with Crippen molar-refractivity contribution in [3.05, 3.63) is 52.2 Å². The molecule has 0 aromatic carbocycles. The molecule has 130 valence electrons. The van der Waals surface area contributed by atoms with E-state index in [1.54, 1.807) is 23.9 Å². The molecule has 8 heteroatoms. The fourth-order valence-corrected chi connectivity index (χ4v) is 3.12. The first kappa shape index (κ1) is 15.8. The third-order valence-electron chi connectivity index (χ3n) is 4.32. The van der Waals surface area contributed by atoms with Crippen LogP contribution in [0, 0.1) is 6.92 Å². The summed E-state index contributed by atoms with van der Waals surface area (Å²) in [7, 11) is 0. The molecule has 0 spiro atoms. The Morgan fingerprint density at radius 2 is 2.40 bits per heavy atom. The molecule has 1 fully saturated rings. The standard InChI is InChI=1S/C17H20N6O2/c1-11-8-14(24)23-15(12-4-2-6-18-9-12)21-16(22-17(23)20-11)19-10-13-5-3-7-25-13/h2,4,6,8-9,13,15H,3,5,7,10H2,1H3,(H2,19,20,21,22)/t13-,15+/m0/s1. The fraction of sp³-hybridized carbons (Fsp3) is 0.412. The molecule has 8 nitrogen and oxygen atoms in total. The van der Waals surface area contributed by atoms with Crippen molar-refractivity contribution in [1.82, 2.24) is 19.9 Å². The number of aromatic nitrogens is 3. The van der Waals surface area contributed by atoms with Crippen LogP contribution in [0.15, 0.2) is 40.4 Å². The van der Waals surface area contributed by atoms with Crippen LogP contribution in [0.4, 0.5) is 5.95 Å². The number of guanidine groups is 1. The second-order valence-corrected chi connectivity index (χ2v) is 6.21. The lowest BCUT2D eigenvalue weighted by molar-refractivity contribution is 0.117. The molecular weight excluding hydrogens is 320 g/mol. The number of fused-ring (bicyclic) bond motifs is 1. The van der Waals surface area contributed by atoms with Crippen LogP contribution in [-0.4, -0.2) is 39.8 Å². The van der Waals surface area contributed by atoms with E-state index in [4.69, 9.17) is 4.74 Å². The summed E-state index contributed by atoms with van der Waals surface area (Å²) in [4.78, 5) is 25.7. The maximum atomic E-state index is 12.5. The number of aryl methyl sites for hydroxylation is 1. The van der Waals surface area contributed by atoms with Crippen molar-refractivity contribution in [2.24, 2.45) is 4.99 Å². The summed E-state index contributed by atoms with van der Waals surface area (Å²) < 4.78 is 7.20. The Kier molecular flexibility index (Phi) is 4.19. The summed E-state index contributed by atoms with van der Waals surface area (Å²) in [6, 6.07) is 5.28. The SMILES string of the molecule is Cc1cc(=O)n2c(n1)NC(=NC[C@@H]1CCCO1)N[C@H]2c1cccnc1. The number of nitrogens with zero attached hydrogens (tertiary/aromatic N) is 4. The van der Waals surface area contributed by atoms with Gasteiger partial charge in [0.25, 0.3) is 5.56 Å². The van der Waals surface area contributed by atoms with Gasteiger partial charge in [-0.15, -0.1) is 0 Å². The topological polar surface area (TPSA) is 93.4 Å². The monoisotopic (exact) mass is 340 g/mol. The zero-order chi connectivity index (χ0) is 17.2. The smallest absolute Gasteiger partial charge is 0.257 e. The summed E-state index contributed by atoms with van der Waals surface area (Å²) in [6.45, 7) is 3.17. The number of pyridine rings is 1. The van der Waals surface area contributed by atoms with Gasteiger partial charge >= 0.3 is 0 Å². The summed E-state index contributed by atoms with van der Waals surface area (Å²) in [5, 5.41) is 6.39. The highest BCUT2D eigenvalue weighted by molar-refractivity contribution is 5.93. The number of anilines is 1. The van der Waals surface area contributed by atoms with Crippen LogP contribution >= 0.6 is 0 Å². The maximum absolute atomic E-state index is 12.5. The van der Waals surface area contributed by atoms with Crippen LogP contribution in [0.1, 0.15) is 30.3 Å². The van der Waals surface area contributed by atoms with Crippen LogP contribution in [-0.2, 0) is 4.74 Å². The summed E-state index contributed by atoms with van der Waals surface area (Å²) in [5.41, 5.74) is 1.39. The average molecular weight is 340 g/mol. The number of ether oxygens (including phenoxy) is 1. The minimum atomic E-state index is -0.409. The minimum Gasteiger partial charge on any atom is -0.376 e. The van der Waals surface area contributed by atoms with Gasteiger partial charge in [0.1, 0.15) is 6.17 Å². The second-order valence-electron chi connectivity index (χ2n) is 6.21. The lowest BCUT2D eigenvalue weighted by atomic mass is 10.2. The quantitative estimate of drug-likeness (QED) is 0.867. The van der Waals surface area contributed by atoms with Gasteiger partial charge in [0.2, 0.25) is 5.95 Å². The fourth-order valence-electron chi connectivity index (χ4n) is 3.12. The van der Waals surface area contributed by atoms with E-state index in [-0.39, 0.29) is 11.7 Å². The maximum Gasteiger partial charge on any atom is 0.257 e. The molecule has 2 aliphatic rings. The van der Waals surface area contributed by atoms with Gasteiger partial charge in [-0.25, -0.2) is 4.98 Å². The molecule has 2 aromatic rings. The van der Waals surface area contributed by atoms with E-state index in [0.29, 0.717) is 24.1 Å². The Morgan fingerprint density at radius 3 is 3.16 bits per heavy atom. The first-order valence-corrected chi connectivity index (χ1v) is 8.40. The van der Waals surface area contributed by atoms with Gasteiger partial charge in [-0.2, -0.15) is 0 Å². The number of nitrogens with one attached hydrogen (secondary N) is 2. The van der Waals surface area contributed by atoms with Crippen LogP contribution in [0.2, 0.25) is 0 Å². The number of hydrogen-bond donors (Lipinski definition) is 2. The first-order valence-electron chi connectivity index (χ1n) is 8.40. The molecule has 1 saturated heterocycles. The molecule has 0 unspecified atom stereocenters. The van der Waals surface area contributed by atoms with Crippen molar-refractivity contribution in [2.45, 2.75) is 32.0 Å². The largest absolute Gasteiger partial charge is 0.376 e. The van der Waals surface area contributed by atoms with Gasteiger partial charge in [-0.05, 0) is 25.8 Å². The minimum absolute atomic E-state index is 0.130. The molecule has 0 bridgehead atoms. The Hall–Kier alpha value is -2.74. The van der Waals surface area contributed by atoms with Crippen molar-refractivity contribution in [3.63, 3.8) is 0 Å². The molecule has 2 atom stereocenters. The van der Waals surface area contributed by atoms with Gasteiger partial charge in [0, 0.05) is 36.3 Å². The van der Waals surface area contributed by atoms with Crippen molar-refractivity contribution in [1.29, 1.82) is 0 Å². The van der Waals surface area contributed by atoms with Crippen molar-refractivity contribution >= 4 is 11.9 Å². The van der Waals surface area contributed by atoms with Crippen molar-refractivity contribution < 1.29 is 4.74 Å². The molecule has 0 radical (unpaired) electrons. The zero-order valence-electron chi connectivity index (χ0n) is 14.0. The molecule has 4 heterocycles. The Morgan fingerprint density at radius 1 is 1.48 bits per heavy atom. The molecular formula is C17H20N6O2. The Bertz CT molecular complexity index is 842. The van der Waals surface area contributed by atoms with Crippen LogP contribution in [0.3, 0.4) is 0 Å². The van der Waals surface area contributed by atoms with E-state index >= 15 is 0 Å². The van der Waals surface area contributed by atoms with Crippen molar-refractivity contribution in [2.75, 3.05) is 18.5 Å². The molecule has 2 N–H and O–H groups in total. The molecule has 0 aliphatic carbocycles. The van der Waals surface area contributed by atoms with Crippen LogP contribution < -0.4 is 16.2 Å². The molecule has 25 heavy (non-hydrogen) atoms. The lowest BCUT2D eigenvalue weighted by Crippen LogP contribution is -2.48. The van der Waals surface area contributed by atoms with E-state index < -0.39 is 6.17 Å². The van der Waals surface area contributed by atoms with Gasteiger partial charge in [0.15, 0.2) is 5.96 Å². The van der Waals surface area contributed by atoms with Gasteiger partial charge in [-0.1, -0.05) is 6.07 Å². The Labute approximate surface area is 145 Å². The number of rotatable bonds is 3. The van der Waals surface area contributed by atoms with E-state index in [9.17, 15) is 4.79 Å². The summed E-state index contributed by atoms with van der Waals surface area (Å²) in [5.74, 6) is 1.06. The molecule has 2 aromatic heterocycles. The predicted molar refractivity (Wildman–Crippen MR) is 93.6 cm³/mol. The highest BCUT2D eigenvalue weighted by atomic mass is 16.5. The lowest BCUT2D eigenvalue weighted by Gasteiger charge is -2.30. The third kappa shape index (κ3) is 3.25. The van der Waals surface area contributed by atoms with Crippen molar-refractivity contribution in [3.8, 4) is 0 Å². The molecule has 0 amide bonds. The first-order chi connectivity index (χ1) is 12.2. The van der Waals surface area contributed by atoms with E-state index in [1.165, 1.54) is 6.07 Å². The predicted octanol–water partition coefficient (Wildman–Crippen LogP) is 1.04. The third-order valence-corrected chi connectivity index (χ3v) is 4.32. The summed E-state index contributed by atoms with van der Waals surface area (Å²) in [6.07, 6.45) is 5.28. The highest BCUT2D eigenvalue weighted by Crippen LogP contribution is 2.21. The Balaban J connectivity index is 1.70. The van der Waals surface area contributed by atoms with Crippen LogP contribution in [0.5, 0.6) is 0 Å². The van der Waals surface area contributed by atoms with Gasteiger partial charge in [-0.3, -0.25) is 24.7 Å². The van der Waals surface area contributed by atoms with Gasteiger partial charge in [0.05, 0.1) is 12.6 Å². The number of aliphatic imine (C=N–C) groups is 1. The zero-order valence-corrected chi connectivity index (χ0v) is 14.0. The molecule has 2 aliphatic heterocycles. The number of hydrogen-bond acceptors (Lipinski definition) is 5. The summed E-state index contributed by atoms with van der Waals surface area (Å²) >= 11 is 0. The van der Waals surface area contributed by atoms with Crippen LogP contribution in [0.25, 0.3) is 0 Å². The average Bonchev–Trinajstić information content (AvgIpc) is 3.13. The second kappa shape index (κ2) is 6.64. The van der Waals surface area contributed by atoms with E-state index in [2.05, 4.69) is 25.6 Å². The molecule has 0 saturated carbocycles. The van der Waals surface area contributed by atoms with Gasteiger partial charge < -0.3 is 10.1 Å². The molecule has 4 rings (SSSR count). The van der Waals surface area contributed by atoms with E-state index in [0.717, 1.165) is 25.0 Å².